The van der Waals surface area contributed by atoms with Crippen molar-refractivity contribution in [1.29, 1.82) is 0 Å². The molecule has 0 atom stereocenters. The van der Waals surface area contributed by atoms with E-state index in [1.165, 1.54) is 5.56 Å². The van der Waals surface area contributed by atoms with Gasteiger partial charge in [-0.25, -0.2) is 0 Å². The van der Waals surface area contributed by atoms with Gasteiger partial charge in [-0.15, -0.1) is 0 Å². The molecule has 0 amide bonds. The van der Waals surface area contributed by atoms with E-state index < -0.39 is 0 Å². The maximum Gasteiger partial charge on any atom is 0.325 e. The Kier molecular flexibility index (Phi) is 4.25. The van der Waals surface area contributed by atoms with Crippen LogP contribution in [0.3, 0.4) is 0 Å². The fraction of sp³-hybridized carbons (Fsp3) is 0.438. The van der Waals surface area contributed by atoms with Gasteiger partial charge in [0.25, 0.3) is 0 Å². The number of ether oxygens (including phenoxy) is 1. The molecular weight excluding hydrogens is 238 g/mol. The zero-order valence-corrected chi connectivity index (χ0v) is 11.8. The summed E-state index contributed by atoms with van der Waals surface area (Å²) in [5.41, 5.74) is 2.30. The highest BCUT2D eigenvalue weighted by atomic mass is 16.5. The molecule has 2 aromatic rings. The van der Waals surface area contributed by atoms with Crippen molar-refractivity contribution >= 4 is 16.9 Å². The summed E-state index contributed by atoms with van der Waals surface area (Å²) in [6.07, 6.45) is 2.85. The summed E-state index contributed by atoms with van der Waals surface area (Å²) < 4.78 is 7.18. The minimum Gasteiger partial charge on any atom is -0.464 e. The van der Waals surface area contributed by atoms with Crippen molar-refractivity contribution in [3.8, 4) is 0 Å². The van der Waals surface area contributed by atoms with E-state index in [0.717, 1.165) is 17.3 Å². The monoisotopic (exact) mass is 259 g/mol. The first kappa shape index (κ1) is 13.7. The molecule has 1 aromatic heterocycles. The number of aromatic nitrogens is 1. The molecule has 0 unspecified atom stereocenters. The summed E-state index contributed by atoms with van der Waals surface area (Å²) in [6.45, 7) is 7.10. The van der Waals surface area contributed by atoms with Gasteiger partial charge in [0.05, 0.1) is 6.61 Å². The standard InChI is InChI=1S/C16H21NO2/c1-12(2)7-9-19-16(18)11-17-8-6-14-10-13(3)4-5-15(14)17/h4-6,8,10,12H,7,9,11H2,1-3H3. The average Bonchev–Trinajstić information content (AvgIpc) is 2.71. The van der Waals surface area contributed by atoms with Crippen LogP contribution >= 0.6 is 0 Å². The van der Waals surface area contributed by atoms with Crippen LogP contribution in [0.15, 0.2) is 30.5 Å². The maximum atomic E-state index is 11.8. The topological polar surface area (TPSA) is 31.2 Å². The minimum atomic E-state index is -0.168. The maximum absolute atomic E-state index is 11.8. The van der Waals surface area contributed by atoms with Gasteiger partial charge in [0.15, 0.2) is 0 Å². The van der Waals surface area contributed by atoms with E-state index in [1.807, 2.05) is 22.9 Å². The summed E-state index contributed by atoms with van der Waals surface area (Å²) >= 11 is 0. The Morgan fingerprint density at radius 1 is 1.32 bits per heavy atom. The third kappa shape index (κ3) is 3.60. The molecule has 19 heavy (non-hydrogen) atoms. The number of hydrogen-bond donors (Lipinski definition) is 0. The van der Waals surface area contributed by atoms with Gasteiger partial charge in [-0.05, 0) is 42.8 Å². The first-order chi connectivity index (χ1) is 9.06. The Morgan fingerprint density at radius 3 is 2.84 bits per heavy atom. The Bertz CT molecular complexity index is 569. The highest BCUT2D eigenvalue weighted by Gasteiger charge is 2.07. The van der Waals surface area contributed by atoms with E-state index in [2.05, 4.69) is 32.9 Å². The lowest BCUT2D eigenvalue weighted by atomic mass is 10.1. The second-order valence-electron chi connectivity index (χ2n) is 5.41. The summed E-state index contributed by atoms with van der Waals surface area (Å²) in [5, 5.41) is 1.16. The first-order valence-electron chi connectivity index (χ1n) is 6.77. The summed E-state index contributed by atoms with van der Waals surface area (Å²) in [7, 11) is 0. The van der Waals surface area contributed by atoms with E-state index in [1.54, 1.807) is 0 Å². The van der Waals surface area contributed by atoms with Crippen molar-refractivity contribution in [2.75, 3.05) is 6.61 Å². The molecule has 1 heterocycles. The van der Waals surface area contributed by atoms with Crippen molar-refractivity contribution in [3.05, 3.63) is 36.0 Å². The molecule has 0 N–H and O–H groups in total. The molecule has 2 rings (SSSR count). The molecule has 0 saturated heterocycles. The van der Waals surface area contributed by atoms with Crippen LogP contribution in [-0.2, 0) is 16.1 Å². The zero-order chi connectivity index (χ0) is 13.8. The fourth-order valence-electron chi connectivity index (χ4n) is 2.05. The van der Waals surface area contributed by atoms with Crippen LogP contribution < -0.4 is 0 Å². The van der Waals surface area contributed by atoms with Crippen molar-refractivity contribution in [2.24, 2.45) is 5.92 Å². The Labute approximate surface area is 114 Å². The number of hydrogen-bond acceptors (Lipinski definition) is 2. The molecule has 3 heteroatoms. The van der Waals surface area contributed by atoms with E-state index >= 15 is 0 Å². The van der Waals surface area contributed by atoms with E-state index in [4.69, 9.17) is 4.74 Å². The number of nitrogens with zero attached hydrogens (tertiary/aromatic N) is 1. The fourth-order valence-corrected chi connectivity index (χ4v) is 2.05. The molecule has 0 aliphatic rings. The van der Waals surface area contributed by atoms with Crippen molar-refractivity contribution in [3.63, 3.8) is 0 Å². The van der Waals surface area contributed by atoms with Crippen LogP contribution in [0.5, 0.6) is 0 Å². The Morgan fingerprint density at radius 2 is 2.11 bits per heavy atom. The van der Waals surface area contributed by atoms with Gasteiger partial charge < -0.3 is 9.30 Å². The zero-order valence-electron chi connectivity index (χ0n) is 11.8. The molecule has 1 aromatic carbocycles. The van der Waals surface area contributed by atoms with Gasteiger partial charge >= 0.3 is 5.97 Å². The normalized spacial score (nSPS) is 11.2. The molecule has 0 fully saturated rings. The van der Waals surface area contributed by atoms with Crippen molar-refractivity contribution in [2.45, 2.75) is 33.7 Å². The van der Waals surface area contributed by atoms with E-state index in [9.17, 15) is 4.79 Å². The molecule has 0 bridgehead atoms. The number of benzene rings is 1. The lowest BCUT2D eigenvalue weighted by Gasteiger charge is -2.08. The van der Waals surface area contributed by atoms with Crippen molar-refractivity contribution in [1.82, 2.24) is 4.57 Å². The van der Waals surface area contributed by atoms with Crippen LogP contribution in [0.1, 0.15) is 25.8 Å². The summed E-state index contributed by atoms with van der Waals surface area (Å²) in [5.74, 6) is 0.391. The highest BCUT2D eigenvalue weighted by molar-refractivity contribution is 5.82. The molecule has 0 radical (unpaired) electrons. The Balaban J connectivity index is 1.99. The van der Waals surface area contributed by atoms with Crippen LogP contribution in [0.4, 0.5) is 0 Å². The number of carbonyl (C=O) groups excluding carboxylic acids is 1. The van der Waals surface area contributed by atoms with Gasteiger partial charge in [0, 0.05) is 11.7 Å². The number of carbonyl (C=O) groups is 1. The van der Waals surface area contributed by atoms with Gasteiger partial charge in [0.1, 0.15) is 6.54 Å². The molecule has 0 aliphatic carbocycles. The van der Waals surface area contributed by atoms with E-state index in [-0.39, 0.29) is 12.5 Å². The van der Waals surface area contributed by atoms with Crippen LogP contribution in [0.25, 0.3) is 10.9 Å². The molecule has 3 nitrogen and oxygen atoms in total. The van der Waals surface area contributed by atoms with Gasteiger partial charge in [0.2, 0.25) is 0 Å². The Hall–Kier alpha value is -1.77. The third-order valence-electron chi connectivity index (χ3n) is 3.18. The SMILES string of the molecule is Cc1ccc2c(ccn2CC(=O)OCCC(C)C)c1. The lowest BCUT2D eigenvalue weighted by Crippen LogP contribution is -2.14. The number of rotatable bonds is 5. The first-order valence-corrected chi connectivity index (χ1v) is 6.77. The predicted molar refractivity (Wildman–Crippen MR) is 77.1 cm³/mol. The summed E-state index contributed by atoms with van der Waals surface area (Å²) in [4.78, 5) is 11.8. The molecule has 0 saturated carbocycles. The second-order valence-corrected chi connectivity index (χ2v) is 5.41. The van der Waals surface area contributed by atoms with Gasteiger partial charge in [-0.1, -0.05) is 25.5 Å². The smallest absolute Gasteiger partial charge is 0.325 e. The van der Waals surface area contributed by atoms with Gasteiger partial charge in [-0.2, -0.15) is 0 Å². The van der Waals surface area contributed by atoms with E-state index in [0.29, 0.717) is 12.5 Å². The summed E-state index contributed by atoms with van der Waals surface area (Å²) in [6, 6.07) is 8.26. The average molecular weight is 259 g/mol. The van der Waals surface area contributed by atoms with Gasteiger partial charge in [-0.3, -0.25) is 4.79 Å². The second kappa shape index (κ2) is 5.91. The van der Waals surface area contributed by atoms with Crippen LogP contribution in [0.2, 0.25) is 0 Å². The van der Waals surface area contributed by atoms with Crippen LogP contribution in [0, 0.1) is 12.8 Å². The highest BCUT2D eigenvalue weighted by Crippen LogP contribution is 2.17. The predicted octanol–water partition coefficient (Wildman–Crippen LogP) is 3.54. The molecule has 102 valence electrons. The molecular formula is C16H21NO2. The number of aryl methyl sites for hydroxylation is 1. The quantitative estimate of drug-likeness (QED) is 0.769. The van der Waals surface area contributed by atoms with Crippen molar-refractivity contribution < 1.29 is 9.53 Å². The molecule has 0 aliphatic heterocycles. The minimum absolute atomic E-state index is 0.168. The lowest BCUT2D eigenvalue weighted by molar-refractivity contribution is -0.144. The number of esters is 1. The third-order valence-corrected chi connectivity index (χ3v) is 3.18. The molecule has 0 spiro atoms. The number of fused-ring (bicyclic) bond motifs is 1. The largest absolute Gasteiger partial charge is 0.464 e. The van der Waals surface area contributed by atoms with Crippen LogP contribution in [-0.4, -0.2) is 17.1 Å².